The molecule has 160 valence electrons. The lowest BCUT2D eigenvalue weighted by atomic mass is 9.94. The fraction of sp³-hybridized carbons (Fsp3) is 0.167. The molecule has 0 saturated carbocycles. The van der Waals surface area contributed by atoms with E-state index in [9.17, 15) is 22.7 Å². The van der Waals surface area contributed by atoms with Gasteiger partial charge in [-0.15, -0.1) is 0 Å². The minimum atomic E-state index is -1.35. The van der Waals surface area contributed by atoms with Crippen LogP contribution in [0.4, 0.5) is 17.6 Å². The van der Waals surface area contributed by atoms with Crippen molar-refractivity contribution in [1.29, 1.82) is 0 Å². The zero-order valence-corrected chi connectivity index (χ0v) is 16.2. The topological polar surface area (TPSA) is 38.7 Å². The van der Waals surface area contributed by atoms with E-state index in [1.807, 2.05) is 0 Å². The van der Waals surface area contributed by atoms with Crippen molar-refractivity contribution in [2.75, 3.05) is 13.2 Å². The summed E-state index contributed by atoms with van der Waals surface area (Å²) in [4.78, 5) is 0. The van der Waals surface area contributed by atoms with E-state index in [1.54, 1.807) is 0 Å². The number of rotatable bonds is 4. The Labute approximate surface area is 176 Å². The molecule has 0 unspecified atom stereocenters. The molecule has 3 aromatic rings. The lowest BCUT2D eigenvalue weighted by Crippen LogP contribution is -2.30. The van der Waals surface area contributed by atoms with Gasteiger partial charge >= 0.3 is 0 Å². The Hall–Kier alpha value is -3.16. The highest BCUT2D eigenvalue weighted by atomic mass is 19.2. The van der Waals surface area contributed by atoms with Gasteiger partial charge in [0.2, 0.25) is 5.82 Å². The molecule has 0 radical (unpaired) electrons. The average Bonchev–Trinajstić information content (AvgIpc) is 2.80. The molecule has 1 heterocycles. The van der Waals surface area contributed by atoms with Crippen LogP contribution < -0.4 is 0 Å². The van der Waals surface area contributed by atoms with Crippen LogP contribution in [0.25, 0.3) is 22.3 Å². The van der Waals surface area contributed by atoms with Gasteiger partial charge in [-0.25, -0.2) is 13.2 Å². The van der Waals surface area contributed by atoms with E-state index in [0.29, 0.717) is 11.1 Å². The number of ether oxygens (including phenoxy) is 2. The molecule has 1 aliphatic heterocycles. The average molecular weight is 430 g/mol. The van der Waals surface area contributed by atoms with Crippen molar-refractivity contribution < 1.29 is 32.1 Å². The molecule has 1 fully saturated rings. The molecule has 1 aliphatic rings. The quantitative estimate of drug-likeness (QED) is 0.412. The van der Waals surface area contributed by atoms with E-state index in [0.717, 1.165) is 6.07 Å². The van der Waals surface area contributed by atoms with Crippen LogP contribution in [-0.4, -0.2) is 24.6 Å². The van der Waals surface area contributed by atoms with Crippen molar-refractivity contribution in [3.63, 3.8) is 0 Å². The summed E-state index contributed by atoms with van der Waals surface area (Å²) < 4.78 is 68.1. The molecule has 7 heteroatoms. The standard InChI is InChI=1S/C24H18F4O3/c1-2-20-30-11-15(12-31-20)18-8-7-16(21(25)22(18)26)13-3-5-14(6-4-13)17-9-10-19(29)24(28)23(17)27/h2-10,15,20,29H,1,11-12H2. The summed E-state index contributed by atoms with van der Waals surface area (Å²) in [7, 11) is 0. The van der Waals surface area contributed by atoms with Gasteiger partial charge in [-0.05, 0) is 34.9 Å². The Kier molecular flexibility index (Phi) is 5.80. The summed E-state index contributed by atoms with van der Waals surface area (Å²) in [5.41, 5.74) is 0.827. The second kappa shape index (κ2) is 8.53. The normalized spacial score (nSPS) is 18.7. The van der Waals surface area contributed by atoms with E-state index in [1.165, 1.54) is 48.5 Å². The molecule has 0 amide bonds. The van der Waals surface area contributed by atoms with Crippen LogP contribution in [0.1, 0.15) is 11.5 Å². The first-order chi connectivity index (χ1) is 14.9. The van der Waals surface area contributed by atoms with Gasteiger partial charge in [-0.2, -0.15) is 4.39 Å². The number of hydrogen-bond donors (Lipinski definition) is 1. The predicted molar refractivity (Wildman–Crippen MR) is 107 cm³/mol. The second-order valence-corrected chi connectivity index (χ2v) is 7.14. The minimum absolute atomic E-state index is 0.0340. The maximum Gasteiger partial charge on any atom is 0.200 e. The van der Waals surface area contributed by atoms with E-state index in [-0.39, 0.29) is 29.9 Å². The van der Waals surface area contributed by atoms with E-state index in [4.69, 9.17) is 9.47 Å². The molecule has 31 heavy (non-hydrogen) atoms. The first-order valence-corrected chi connectivity index (χ1v) is 9.52. The van der Waals surface area contributed by atoms with Crippen molar-refractivity contribution in [1.82, 2.24) is 0 Å². The maximum absolute atomic E-state index is 14.8. The third-order valence-electron chi connectivity index (χ3n) is 5.24. The number of benzene rings is 3. The zero-order valence-electron chi connectivity index (χ0n) is 16.2. The molecular formula is C24H18F4O3. The van der Waals surface area contributed by atoms with Crippen LogP contribution in [0.3, 0.4) is 0 Å². The first kappa shape index (κ1) is 21.1. The van der Waals surface area contributed by atoms with Crippen LogP contribution in [0.5, 0.6) is 5.75 Å². The third-order valence-corrected chi connectivity index (χ3v) is 5.24. The van der Waals surface area contributed by atoms with Gasteiger partial charge in [-0.1, -0.05) is 43.0 Å². The van der Waals surface area contributed by atoms with Crippen LogP contribution in [-0.2, 0) is 9.47 Å². The molecule has 4 rings (SSSR count). The molecule has 0 aromatic heterocycles. The lowest BCUT2D eigenvalue weighted by molar-refractivity contribution is -0.159. The fourth-order valence-electron chi connectivity index (χ4n) is 3.53. The van der Waals surface area contributed by atoms with Gasteiger partial charge in [-0.3, -0.25) is 0 Å². The summed E-state index contributed by atoms with van der Waals surface area (Å²) in [6.45, 7) is 3.92. The molecule has 1 N–H and O–H groups in total. The van der Waals surface area contributed by atoms with E-state index < -0.39 is 41.2 Å². The van der Waals surface area contributed by atoms with E-state index >= 15 is 0 Å². The Morgan fingerprint density at radius 2 is 1.26 bits per heavy atom. The minimum Gasteiger partial charge on any atom is -0.505 e. The van der Waals surface area contributed by atoms with Gasteiger partial charge < -0.3 is 14.6 Å². The summed E-state index contributed by atoms with van der Waals surface area (Å²) in [6.07, 6.45) is 0.923. The largest absolute Gasteiger partial charge is 0.505 e. The number of phenolic OH excluding ortho intramolecular Hbond substituents is 1. The van der Waals surface area contributed by atoms with Crippen molar-refractivity contribution >= 4 is 0 Å². The highest BCUT2D eigenvalue weighted by Crippen LogP contribution is 2.34. The SMILES string of the molecule is C=CC1OCC(c2ccc(-c3ccc(-c4ccc(O)c(F)c4F)cc3)c(F)c2F)CO1. The second-order valence-electron chi connectivity index (χ2n) is 7.14. The Bertz CT molecular complexity index is 1120. The summed E-state index contributed by atoms with van der Waals surface area (Å²) in [5, 5.41) is 9.25. The Morgan fingerprint density at radius 3 is 1.81 bits per heavy atom. The highest BCUT2D eigenvalue weighted by Gasteiger charge is 2.26. The number of aromatic hydroxyl groups is 1. The van der Waals surface area contributed by atoms with Gasteiger partial charge in [0.15, 0.2) is 29.5 Å². The number of phenols is 1. The van der Waals surface area contributed by atoms with Crippen LogP contribution >= 0.6 is 0 Å². The van der Waals surface area contributed by atoms with Gasteiger partial charge in [0.05, 0.1) is 13.2 Å². The van der Waals surface area contributed by atoms with E-state index in [2.05, 4.69) is 6.58 Å². The molecule has 0 aliphatic carbocycles. The highest BCUT2D eigenvalue weighted by molar-refractivity contribution is 5.71. The number of halogens is 4. The predicted octanol–water partition coefficient (Wildman–Crippen LogP) is 5.93. The van der Waals surface area contributed by atoms with Crippen LogP contribution in [0, 0.1) is 23.3 Å². The smallest absolute Gasteiger partial charge is 0.200 e. The summed E-state index contributed by atoms with van der Waals surface area (Å²) in [6, 6.07) is 11.1. The third kappa shape index (κ3) is 3.94. The molecular weight excluding hydrogens is 412 g/mol. The van der Waals surface area contributed by atoms with Crippen LogP contribution in [0.2, 0.25) is 0 Å². The summed E-state index contributed by atoms with van der Waals surface area (Å²) in [5.74, 6) is -5.77. The Morgan fingerprint density at radius 1 is 0.742 bits per heavy atom. The maximum atomic E-state index is 14.8. The van der Waals surface area contributed by atoms with Gasteiger partial charge in [0, 0.05) is 17.0 Å². The monoisotopic (exact) mass is 430 g/mol. The van der Waals surface area contributed by atoms with Gasteiger partial charge in [0.25, 0.3) is 0 Å². The fourth-order valence-corrected chi connectivity index (χ4v) is 3.53. The first-order valence-electron chi connectivity index (χ1n) is 9.52. The van der Waals surface area contributed by atoms with Gasteiger partial charge in [0.1, 0.15) is 0 Å². The number of hydrogen-bond acceptors (Lipinski definition) is 3. The molecule has 1 saturated heterocycles. The van der Waals surface area contributed by atoms with Crippen molar-refractivity contribution in [2.24, 2.45) is 0 Å². The Balaban J connectivity index is 1.61. The molecule has 3 nitrogen and oxygen atoms in total. The molecule has 0 atom stereocenters. The van der Waals surface area contributed by atoms with Crippen molar-refractivity contribution in [3.8, 4) is 28.0 Å². The van der Waals surface area contributed by atoms with Crippen LogP contribution in [0.15, 0.2) is 61.2 Å². The molecule has 3 aromatic carbocycles. The van der Waals surface area contributed by atoms with Crippen molar-refractivity contribution in [2.45, 2.75) is 12.2 Å². The zero-order chi connectivity index (χ0) is 22.1. The lowest BCUT2D eigenvalue weighted by Gasteiger charge is -2.28. The van der Waals surface area contributed by atoms with Crippen molar-refractivity contribution in [3.05, 3.63) is 90.0 Å². The summed E-state index contributed by atoms with van der Waals surface area (Å²) >= 11 is 0. The molecule has 0 spiro atoms. The molecule has 0 bridgehead atoms.